The van der Waals surface area contributed by atoms with E-state index in [0.29, 0.717) is 4.88 Å². The molecule has 19 heavy (non-hydrogen) atoms. The molecule has 4 nitrogen and oxygen atoms in total. The summed E-state index contributed by atoms with van der Waals surface area (Å²) in [6.45, 7) is 6.23. The van der Waals surface area contributed by atoms with Gasteiger partial charge in [-0.05, 0) is 19.3 Å². The minimum atomic E-state index is -0.594. The monoisotopic (exact) mass is 277 g/mol. The Morgan fingerprint density at radius 3 is 2.53 bits per heavy atom. The van der Waals surface area contributed by atoms with Gasteiger partial charge in [0.1, 0.15) is 10.4 Å². The van der Waals surface area contributed by atoms with Gasteiger partial charge in [0.25, 0.3) is 5.91 Å². The number of hydrogen-bond acceptors (Lipinski definition) is 4. The van der Waals surface area contributed by atoms with Gasteiger partial charge in [-0.15, -0.1) is 11.3 Å². The van der Waals surface area contributed by atoms with Gasteiger partial charge in [0, 0.05) is 12.5 Å². The summed E-state index contributed by atoms with van der Waals surface area (Å²) in [4.78, 5) is 19.0. The molecule has 0 atom stereocenters. The third-order valence-corrected chi connectivity index (χ3v) is 5.10. The molecule has 1 saturated carbocycles. The number of carbonyl (C=O) groups is 1. The van der Waals surface area contributed by atoms with Crippen LogP contribution in [-0.2, 0) is 5.41 Å². The summed E-state index contributed by atoms with van der Waals surface area (Å²) < 4.78 is 0. The van der Waals surface area contributed by atoms with Crippen LogP contribution in [0.15, 0.2) is 6.20 Å². The van der Waals surface area contributed by atoms with E-state index in [1.807, 2.05) is 0 Å². The first-order chi connectivity index (χ1) is 8.80. The standard InChI is InChI=1S/C14H19N3OS/c1-13(2,3)12-16-8-10(19-12)11(18)17(4)14(9-15)6-5-7-14/h8H,5-7H2,1-4H3. The van der Waals surface area contributed by atoms with Crippen LogP contribution in [-0.4, -0.2) is 28.4 Å². The molecule has 1 aliphatic carbocycles. The Morgan fingerprint density at radius 2 is 2.16 bits per heavy atom. The van der Waals surface area contributed by atoms with Crippen molar-refractivity contribution in [3.8, 4) is 6.07 Å². The maximum atomic E-state index is 12.4. The van der Waals surface area contributed by atoms with Crippen molar-refractivity contribution in [2.45, 2.75) is 51.0 Å². The Hall–Kier alpha value is -1.41. The molecule has 0 spiro atoms. The van der Waals surface area contributed by atoms with Crippen LogP contribution in [0, 0.1) is 11.3 Å². The second kappa shape index (κ2) is 4.61. The molecule has 0 unspecified atom stereocenters. The molecule has 5 heteroatoms. The highest BCUT2D eigenvalue weighted by molar-refractivity contribution is 7.13. The van der Waals surface area contributed by atoms with Gasteiger partial charge in [-0.1, -0.05) is 20.8 Å². The number of aromatic nitrogens is 1. The zero-order chi connectivity index (χ0) is 14.3. The predicted octanol–water partition coefficient (Wildman–Crippen LogP) is 2.96. The first-order valence-electron chi connectivity index (χ1n) is 6.46. The van der Waals surface area contributed by atoms with E-state index in [1.165, 1.54) is 11.3 Å². The van der Waals surface area contributed by atoms with Gasteiger partial charge in [0.15, 0.2) is 0 Å². The second-order valence-corrected chi connectivity index (χ2v) is 7.17. The summed E-state index contributed by atoms with van der Waals surface area (Å²) in [6, 6.07) is 2.29. The zero-order valence-corrected chi connectivity index (χ0v) is 12.7. The van der Waals surface area contributed by atoms with Crippen molar-refractivity contribution in [2.24, 2.45) is 0 Å². The molecule has 1 heterocycles. The smallest absolute Gasteiger partial charge is 0.266 e. The highest BCUT2D eigenvalue weighted by Gasteiger charge is 2.44. The summed E-state index contributed by atoms with van der Waals surface area (Å²) in [5.74, 6) is -0.0887. The number of amides is 1. The maximum Gasteiger partial charge on any atom is 0.266 e. The van der Waals surface area contributed by atoms with Crippen molar-refractivity contribution in [1.82, 2.24) is 9.88 Å². The Labute approximate surface area is 118 Å². The summed E-state index contributed by atoms with van der Waals surface area (Å²) >= 11 is 1.43. The lowest BCUT2D eigenvalue weighted by molar-refractivity contribution is 0.0502. The Morgan fingerprint density at radius 1 is 1.53 bits per heavy atom. The van der Waals surface area contributed by atoms with Crippen LogP contribution < -0.4 is 0 Å². The molecule has 102 valence electrons. The summed E-state index contributed by atoms with van der Waals surface area (Å²) in [5.41, 5.74) is -0.645. The van der Waals surface area contributed by atoms with E-state index in [0.717, 1.165) is 24.3 Å². The van der Waals surface area contributed by atoms with E-state index in [1.54, 1.807) is 18.1 Å². The highest BCUT2D eigenvalue weighted by Crippen LogP contribution is 2.37. The topological polar surface area (TPSA) is 57.0 Å². The fourth-order valence-corrected chi connectivity index (χ4v) is 3.06. The first-order valence-corrected chi connectivity index (χ1v) is 7.27. The number of nitriles is 1. The van der Waals surface area contributed by atoms with Crippen molar-refractivity contribution in [3.05, 3.63) is 16.1 Å². The van der Waals surface area contributed by atoms with Gasteiger partial charge >= 0.3 is 0 Å². The summed E-state index contributed by atoms with van der Waals surface area (Å²) in [6.07, 6.45) is 4.20. The van der Waals surface area contributed by atoms with Gasteiger partial charge in [-0.25, -0.2) is 4.98 Å². The molecule has 0 aromatic carbocycles. The van der Waals surface area contributed by atoms with E-state index in [-0.39, 0.29) is 11.3 Å². The quantitative estimate of drug-likeness (QED) is 0.835. The lowest BCUT2D eigenvalue weighted by Crippen LogP contribution is -2.53. The van der Waals surface area contributed by atoms with E-state index < -0.39 is 5.54 Å². The number of thiazole rings is 1. The van der Waals surface area contributed by atoms with E-state index in [2.05, 4.69) is 31.8 Å². The molecule has 0 saturated heterocycles. The van der Waals surface area contributed by atoms with Crippen LogP contribution in [0.3, 0.4) is 0 Å². The van der Waals surface area contributed by atoms with E-state index >= 15 is 0 Å². The highest BCUT2D eigenvalue weighted by atomic mass is 32.1. The van der Waals surface area contributed by atoms with Crippen LogP contribution in [0.4, 0.5) is 0 Å². The summed E-state index contributed by atoms with van der Waals surface area (Å²) in [7, 11) is 1.72. The van der Waals surface area contributed by atoms with Crippen molar-refractivity contribution in [3.63, 3.8) is 0 Å². The van der Waals surface area contributed by atoms with Crippen molar-refractivity contribution in [1.29, 1.82) is 5.26 Å². The molecule has 1 aromatic heterocycles. The molecule has 0 bridgehead atoms. The Balaban J connectivity index is 2.21. The van der Waals surface area contributed by atoms with Gasteiger partial charge in [-0.2, -0.15) is 5.26 Å². The van der Waals surface area contributed by atoms with Crippen molar-refractivity contribution >= 4 is 17.2 Å². The molecular weight excluding hydrogens is 258 g/mol. The predicted molar refractivity (Wildman–Crippen MR) is 75.1 cm³/mol. The van der Waals surface area contributed by atoms with Crippen LogP contribution in [0.2, 0.25) is 0 Å². The second-order valence-electron chi connectivity index (χ2n) is 6.14. The fraction of sp³-hybridized carbons (Fsp3) is 0.643. The maximum absolute atomic E-state index is 12.4. The van der Waals surface area contributed by atoms with Gasteiger partial charge < -0.3 is 4.90 Å². The first kappa shape index (κ1) is 14.0. The van der Waals surface area contributed by atoms with Crippen molar-refractivity contribution < 1.29 is 4.79 Å². The molecule has 0 radical (unpaired) electrons. The van der Waals surface area contributed by atoms with Gasteiger partial charge in [0.2, 0.25) is 0 Å². The van der Waals surface area contributed by atoms with Crippen LogP contribution in [0.5, 0.6) is 0 Å². The van der Waals surface area contributed by atoms with Crippen molar-refractivity contribution in [2.75, 3.05) is 7.05 Å². The normalized spacial score (nSPS) is 17.4. The summed E-state index contributed by atoms with van der Waals surface area (Å²) in [5, 5.41) is 10.2. The average molecular weight is 277 g/mol. The molecule has 1 fully saturated rings. The van der Waals surface area contributed by atoms with Crippen LogP contribution in [0.25, 0.3) is 0 Å². The SMILES string of the molecule is CN(C(=O)c1cnc(C(C)(C)C)s1)C1(C#N)CCC1. The largest absolute Gasteiger partial charge is 0.322 e. The van der Waals surface area contributed by atoms with Crippen LogP contribution >= 0.6 is 11.3 Å². The van der Waals surface area contributed by atoms with Gasteiger partial charge in [0.05, 0.1) is 17.3 Å². The van der Waals surface area contributed by atoms with E-state index in [4.69, 9.17) is 0 Å². The third-order valence-electron chi connectivity index (χ3n) is 3.69. The number of carbonyl (C=O) groups excluding carboxylic acids is 1. The molecular formula is C14H19N3OS. The number of nitrogens with zero attached hydrogens (tertiary/aromatic N) is 3. The lowest BCUT2D eigenvalue weighted by atomic mass is 9.76. The van der Waals surface area contributed by atoms with Gasteiger partial charge in [-0.3, -0.25) is 4.79 Å². The average Bonchev–Trinajstić information content (AvgIpc) is 2.76. The molecule has 1 amide bonds. The Bertz CT molecular complexity index is 532. The molecule has 0 N–H and O–H groups in total. The Kier molecular flexibility index (Phi) is 3.40. The number of rotatable bonds is 2. The third kappa shape index (κ3) is 2.37. The molecule has 1 aliphatic rings. The zero-order valence-electron chi connectivity index (χ0n) is 11.9. The molecule has 2 rings (SSSR count). The minimum absolute atomic E-state index is 0.0504. The van der Waals surface area contributed by atoms with E-state index in [9.17, 15) is 10.1 Å². The van der Waals surface area contributed by atoms with Crippen LogP contribution in [0.1, 0.15) is 54.7 Å². The molecule has 1 aromatic rings. The molecule has 0 aliphatic heterocycles. The minimum Gasteiger partial charge on any atom is -0.322 e. The lowest BCUT2D eigenvalue weighted by Gasteiger charge is -2.42. The number of hydrogen-bond donors (Lipinski definition) is 0. The fourth-order valence-electron chi connectivity index (χ4n) is 2.11.